The Kier molecular flexibility index (Phi) is 6.92. The summed E-state index contributed by atoms with van der Waals surface area (Å²) in [5.74, 6) is -0.691. The number of para-hydroxylation sites is 1. The van der Waals surface area contributed by atoms with E-state index in [4.69, 9.17) is 5.11 Å². The maximum atomic E-state index is 10.4. The first-order chi connectivity index (χ1) is 8.74. The monoisotopic (exact) mass is 249 g/mol. The number of unbranched alkanes of at least 4 members (excludes halogenated alkanes) is 2. The molecule has 1 N–H and O–H groups in total. The van der Waals surface area contributed by atoms with Crippen LogP contribution in [0.1, 0.15) is 39.0 Å². The summed E-state index contributed by atoms with van der Waals surface area (Å²) in [6, 6.07) is 10.4. The second-order valence-electron chi connectivity index (χ2n) is 4.53. The highest BCUT2D eigenvalue weighted by atomic mass is 16.4. The number of carboxylic acids is 1. The summed E-state index contributed by atoms with van der Waals surface area (Å²) < 4.78 is 0. The van der Waals surface area contributed by atoms with Crippen LogP contribution in [0.25, 0.3) is 0 Å². The highest BCUT2D eigenvalue weighted by molar-refractivity contribution is 5.66. The molecule has 1 aromatic rings. The fourth-order valence-corrected chi connectivity index (χ4v) is 2.03. The van der Waals surface area contributed by atoms with E-state index in [0.717, 1.165) is 38.8 Å². The fraction of sp³-hybridized carbons (Fsp3) is 0.533. The number of benzene rings is 1. The zero-order valence-corrected chi connectivity index (χ0v) is 11.1. The van der Waals surface area contributed by atoms with Crippen LogP contribution in [0.15, 0.2) is 30.3 Å². The standard InChI is InChI=1S/C15H23NO2/c1-2-12-16(14-9-5-3-6-10-14)13-8-4-7-11-15(17)18/h3,5-6,9-10H,2,4,7-8,11-13H2,1H3,(H,17,18). The normalized spacial score (nSPS) is 10.3. The van der Waals surface area contributed by atoms with E-state index in [-0.39, 0.29) is 0 Å². The van der Waals surface area contributed by atoms with Crippen molar-refractivity contribution in [2.75, 3.05) is 18.0 Å². The van der Waals surface area contributed by atoms with Crippen molar-refractivity contribution in [1.82, 2.24) is 0 Å². The molecule has 0 aliphatic carbocycles. The molecule has 0 saturated carbocycles. The van der Waals surface area contributed by atoms with Gasteiger partial charge < -0.3 is 10.0 Å². The van der Waals surface area contributed by atoms with Gasteiger partial charge in [-0.2, -0.15) is 0 Å². The van der Waals surface area contributed by atoms with Crippen molar-refractivity contribution < 1.29 is 9.90 Å². The molecule has 18 heavy (non-hydrogen) atoms. The number of anilines is 1. The molecule has 1 rings (SSSR count). The van der Waals surface area contributed by atoms with Crippen molar-refractivity contribution in [3.8, 4) is 0 Å². The molecule has 0 saturated heterocycles. The number of nitrogens with zero attached hydrogens (tertiary/aromatic N) is 1. The number of carbonyl (C=O) groups is 1. The lowest BCUT2D eigenvalue weighted by Crippen LogP contribution is -2.25. The largest absolute Gasteiger partial charge is 0.481 e. The van der Waals surface area contributed by atoms with E-state index in [0.29, 0.717) is 6.42 Å². The zero-order chi connectivity index (χ0) is 13.2. The molecular formula is C15H23NO2. The summed E-state index contributed by atoms with van der Waals surface area (Å²) >= 11 is 0. The molecule has 0 aliphatic heterocycles. The summed E-state index contributed by atoms with van der Waals surface area (Å²) in [6.45, 7) is 4.25. The van der Waals surface area contributed by atoms with Gasteiger partial charge >= 0.3 is 5.97 Å². The first-order valence-electron chi connectivity index (χ1n) is 6.76. The molecule has 100 valence electrons. The third kappa shape index (κ3) is 5.71. The quantitative estimate of drug-likeness (QED) is 0.680. The van der Waals surface area contributed by atoms with Gasteiger partial charge in [-0.25, -0.2) is 0 Å². The number of rotatable bonds is 9. The van der Waals surface area contributed by atoms with Gasteiger partial charge in [-0.05, 0) is 31.4 Å². The van der Waals surface area contributed by atoms with E-state index in [9.17, 15) is 4.79 Å². The molecule has 0 unspecified atom stereocenters. The molecule has 0 fully saturated rings. The van der Waals surface area contributed by atoms with Crippen LogP contribution in [-0.4, -0.2) is 24.2 Å². The fourth-order valence-electron chi connectivity index (χ4n) is 2.03. The summed E-state index contributed by atoms with van der Waals surface area (Å²) in [4.78, 5) is 12.8. The van der Waals surface area contributed by atoms with Crippen LogP contribution in [0, 0.1) is 0 Å². The topological polar surface area (TPSA) is 40.5 Å². The van der Waals surface area contributed by atoms with Gasteiger partial charge in [-0.1, -0.05) is 31.5 Å². The van der Waals surface area contributed by atoms with Crippen LogP contribution < -0.4 is 4.90 Å². The van der Waals surface area contributed by atoms with E-state index >= 15 is 0 Å². The predicted molar refractivity (Wildman–Crippen MR) is 75.0 cm³/mol. The minimum Gasteiger partial charge on any atom is -0.481 e. The first-order valence-corrected chi connectivity index (χ1v) is 6.76. The van der Waals surface area contributed by atoms with Crippen molar-refractivity contribution in [2.45, 2.75) is 39.0 Å². The molecular weight excluding hydrogens is 226 g/mol. The molecule has 1 aromatic carbocycles. The molecule has 0 aromatic heterocycles. The molecule has 0 bridgehead atoms. The molecule has 0 amide bonds. The lowest BCUT2D eigenvalue weighted by molar-refractivity contribution is -0.137. The van der Waals surface area contributed by atoms with Gasteiger partial charge in [0.1, 0.15) is 0 Å². The highest BCUT2D eigenvalue weighted by Gasteiger charge is 2.04. The van der Waals surface area contributed by atoms with E-state index in [2.05, 4.69) is 36.1 Å². The number of hydrogen-bond acceptors (Lipinski definition) is 2. The molecule has 0 spiro atoms. The first kappa shape index (κ1) is 14.6. The van der Waals surface area contributed by atoms with Crippen molar-refractivity contribution in [1.29, 1.82) is 0 Å². The Morgan fingerprint density at radius 1 is 1.11 bits per heavy atom. The summed E-state index contributed by atoms with van der Waals surface area (Å²) in [7, 11) is 0. The summed E-state index contributed by atoms with van der Waals surface area (Å²) in [6.07, 6.45) is 4.24. The van der Waals surface area contributed by atoms with E-state index in [1.807, 2.05) is 6.07 Å². The number of aliphatic carboxylic acids is 1. The Balaban J connectivity index is 2.33. The van der Waals surface area contributed by atoms with Gasteiger partial charge in [0, 0.05) is 25.2 Å². The van der Waals surface area contributed by atoms with Crippen molar-refractivity contribution >= 4 is 11.7 Å². The van der Waals surface area contributed by atoms with Crippen molar-refractivity contribution in [2.24, 2.45) is 0 Å². The molecule has 0 aliphatic rings. The Morgan fingerprint density at radius 2 is 1.83 bits per heavy atom. The molecule has 3 nitrogen and oxygen atoms in total. The SMILES string of the molecule is CCCN(CCCCCC(=O)O)c1ccccc1. The van der Waals surface area contributed by atoms with E-state index in [1.54, 1.807) is 0 Å². The van der Waals surface area contributed by atoms with Gasteiger partial charge in [0.05, 0.1) is 0 Å². The van der Waals surface area contributed by atoms with Gasteiger partial charge in [0.25, 0.3) is 0 Å². The Labute approximate surface area is 109 Å². The van der Waals surface area contributed by atoms with Crippen LogP contribution in [0.5, 0.6) is 0 Å². The lowest BCUT2D eigenvalue weighted by Gasteiger charge is -2.24. The maximum Gasteiger partial charge on any atom is 0.303 e. The highest BCUT2D eigenvalue weighted by Crippen LogP contribution is 2.15. The van der Waals surface area contributed by atoms with Gasteiger partial charge in [-0.3, -0.25) is 4.79 Å². The smallest absolute Gasteiger partial charge is 0.303 e. The van der Waals surface area contributed by atoms with E-state index < -0.39 is 5.97 Å². The molecule has 3 heteroatoms. The van der Waals surface area contributed by atoms with Crippen molar-refractivity contribution in [3.63, 3.8) is 0 Å². The lowest BCUT2D eigenvalue weighted by atomic mass is 10.1. The number of carboxylic acid groups (broad SMARTS) is 1. The number of hydrogen-bond donors (Lipinski definition) is 1. The van der Waals surface area contributed by atoms with Crippen molar-refractivity contribution in [3.05, 3.63) is 30.3 Å². The Hall–Kier alpha value is -1.51. The minimum atomic E-state index is -0.691. The van der Waals surface area contributed by atoms with Crippen LogP contribution in [0.2, 0.25) is 0 Å². The minimum absolute atomic E-state index is 0.291. The van der Waals surface area contributed by atoms with Crippen LogP contribution in [0.4, 0.5) is 5.69 Å². The van der Waals surface area contributed by atoms with Crippen LogP contribution in [0.3, 0.4) is 0 Å². The maximum absolute atomic E-state index is 10.4. The van der Waals surface area contributed by atoms with Gasteiger partial charge in [0.2, 0.25) is 0 Å². The Morgan fingerprint density at radius 3 is 2.44 bits per heavy atom. The average Bonchev–Trinajstić information content (AvgIpc) is 2.38. The zero-order valence-electron chi connectivity index (χ0n) is 11.1. The van der Waals surface area contributed by atoms with E-state index in [1.165, 1.54) is 5.69 Å². The second-order valence-corrected chi connectivity index (χ2v) is 4.53. The molecule has 0 atom stereocenters. The average molecular weight is 249 g/mol. The van der Waals surface area contributed by atoms with Crippen LogP contribution in [-0.2, 0) is 4.79 Å². The molecule has 0 radical (unpaired) electrons. The summed E-state index contributed by atoms with van der Waals surface area (Å²) in [5.41, 5.74) is 1.26. The summed E-state index contributed by atoms with van der Waals surface area (Å²) in [5, 5.41) is 8.57. The van der Waals surface area contributed by atoms with Gasteiger partial charge in [0.15, 0.2) is 0 Å². The molecule has 0 heterocycles. The van der Waals surface area contributed by atoms with Crippen LogP contribution >= 0.6 is 0 Å². The van der Waals surface area contributed by atoms with Gasteiger partial charge in [-0.15, -0.1) is 0 Å². The third-order valence-corrected chi connectivity index (χ3v) is 2.93. The Bertz CT molecular complexity index is 338. The predicted octanol–water partition coefficient (Wildman–Crippen LogP) is 3.55. The third-order valence-electron chi connectivity index (χ3n) is 2.93. The second kappa shape index (κ2) is 8.56.